The van der Waals surface area contributed by atoms with Crippen LogP contribution in [0.4, 0.5) is 5.69 Å². The molecule has 6 aromatic carbocycles. The van der Waals surface area contributed by atoms with E-state index in [2.05, 4.69) is 194 Å². The maximum atomic E-state index is 10.4. The number of rotatable bonds is 7. The molecule has 0 saturated carbocycles. The first-order valence-corrected chi connectivity index (χ1v) is 23.7. The third-order valence-electron chi connectivity index (χ3n) is 13.5. The zero-order valence-electron chi connectivity index (χ0n) is 35.7. The molecule has 3 nitrogen and oxygen atoms in total. The molecule has 0 saturated heterocycles. The number of nitrogen functional groups attached to an aromatic ring is 1. The molecular formula is C60H49N2OP. The molecule has 0 heterocycles. The highest BCUT2D eigenvalue weighted by molar-refractivity contribution is 7.79. The molecular weight excluding hydrogens is 796 g/mol. The van der Waals surface area contributed by atoms with Crippen LogP contribution in [0, 0.1) is 11.8 Å². The van der Waals surface area contributed by atoms with Crippen LogP contribution >= 0.6 is 7.92 Å². The number of phenolic OH excluding ortho intramolecular Hbond substituents is 1. The van der Waals surface area contributed by atoms with E-state index in [4.69, 9.17) is 11.5 Å². The average molecular weight is 845 g/mol. The second kappa shape index (κ2) is 16.8. The maximum Gasteiger partial charge on any atom is 0.115 e. The van der Waals surface area contributed by atoms with Crippen molar-refractivity contribution in [3.05, 3.63) is 262 Å². The van der Waals surface area contributed by atoms with Crippen LogP contribution in [-0.4, -0.2) is 5.11 Å². The van der Waals surface area contributed by atoms with Crippen molar-refractivity contribution in [2.75, 3.05) is 5.73 Å². The summed E-state index contributed by atoms with van der Waals surface area (Å²) < 4.78 is 0. The largest absolute Gasteiger partial charge is 0.508 e. The standard InChI is InChI=1S/C60H49N2OP/c61-59-53-15-7-5-11-41(53)25-35-55(59)57(47-19-17-39-9-1-3-13-45(39)37-47)43-21-29-50(30-22-43)64(52-33-27-49(63)28-34-52)51-31-23-44(24-32-51)58(48-20-18-40-10-2-4-14-46(40)38-48)56-36-26-42-12-6-8-16-54(42)60(56)62/h1,3-9,11-36,41,53,63H,2,10,37-38,61-62H2/b57-47-,58-48-. The topological polar surface area (TPSA) is 72.3 Å². The van der Waals surface area contributed by atoms with Gasteiger partial charge >= 0.3 is 0 Å². The summed E-state index contributed by atoms with van der Waals surface area (Å²) in [7, 11) is -0.994. The molecule has 64 heavy (non-hydrogen) atoms. The summed E-state index contributed by atoms with van der Waals surface area (Å²) in [6.45, 7) is 0. The van der Waals surface area contributed by atoms with E-state index in [1.54, 1.807) is 12.1 Å². The number of hydrogen-bond donors (Lipinski definition) is 3. The van der Waals surface area contributed by atoms with Crippen LogP contribution in [0.1, 0.15) is 47.1 Å². The van der Waals surface area contributed by atoms with Gasteiger partial charge in [-0.25, -0.2) is 0 Å². The summed E-state index contributed by atoms with van der Waals surface area (Å²) in [4.78, 5) is 0. The summed E-state index contributed by atoms with van der Waals surface area (Å²) in [5.74, 6) is 0.656. The van der Waals surface area contributed by atoms with Crippen molar-refractivity contribution < 1.29 is 5.11 Å². The number of hydrogen-bond acceptors (Lipinski definition) is 3. The molecule has 0 aromatic heterocycles. The lowest BCUT2D eigenvalue weighted by Gasteiger charge is -2.30. The van der Waals surface area contributed by atoms with Gasteiger partial charge in [-0.3, -0.25) is 0 Å². The van der Waals surface area contributed by atoms with Gasteiger partial charge in [0.25, 0.3) is 0 Å². The zero-order chi connectivity index (χ0) is 43.1. The van der Waals surface area contributed by atoms with Crippen molar-refractivity contribution in [1.29, 1.82) is 0 Å². The van der Waals surface area contributed by atoms with Gasteiger partial charge in [-0.05, 0) is 123 Å². The fourth-order valence-corrected chi connectivity index (χ4v) is 12.4. The summed E-state index contributed by atoms with van der Waals surface area (Å²) in [5, 5.41) is 16.2. The summed E-state index contributed by atoms with van der Waals surface area (Å²) >= 11 is 0. The number of anilines is 1. The van der Waals surface area contributed by atoms with Crippen LogP contribution in [0.2, 0.25) is 0 Å². The molecule has 5 N–H and O–H groups in total. The molecule has 0 aliphatic heterocycles. The molecule has 4 heteroatoms. The van der Waals surface area contributed by atoms with E-state index in [0.29, 0.717) is 0 Å². The smallest absolute Gasteiger partial charge is 0.115 e. The van der Waals surface area contributed by atoms with E-state index >= 15 is 0 Å². The Morgan fingerprint density at radius 1 is 0.562 bits per heavy atom. The second-order valence-electron chi connectivity index (χ2n) is 17.3. The number of fused-ring (bicyclic) bond motifs is 3. The zero-order valence-corrected chi connectivity index (χ0v) is 36.6. The molecule has 310 valence electrons. The Kier molecular flexibility index (Phi) is 10.4. The highest BCUT2D eigenvalue weighted by atomic mass is 31.1. The van der Waals surface area contributed by atoms with Gasteiger partial charge in [0.1, 0.15) is 5.75 Å². The minimum Gasteiger partial charge on any atom is -0.508 e. The van der Waals surface area contributed by atoms with E-state index in [1.165, 1.54) is 60.5 Å². The first-order valence-electron chi connectivity index (χ1n) is 22.4. The Labute approximate surface area is 377 Å². The summed E-state index contributed by atoms with van der Waals surface area (Å²) in [6, 6.07) is 47.6. The molecule has 5 aliphatic rings. The van der Waals surface area contributed by atoms with Crippen molar-refractivity contribution >= 4 is 57.5 Å². The van der Waals surface area contributed by atoms with Crippen LogP contribution in [0.5, 0.6) is 5.75 Å². The highest BCUT2D eigenvalue weighted by Crippen LogP contribution is 2.44. The molecule has 0 fully saturated rings. The van der Waals surface area contributed by atoms with Crippen molar-refractivity contribution in [3.8, 4) is 5.75 Å². The number of nitrogens with two attached hydrogens (primary N) is 2. The minimum absolute atomic E-state index is 0.131. The van der Waals surface area contributed by atoms with Crippen molar-refractivity contribution in [2.24, 2.45) is 17.6 Å². The van der Waals surface area contributed by atoms with Crippen molar-refractivity contribution in [3.63, 3.8) is 0 Å². The lowest BCUT2D eigenvalue weighted by Crippen LogP contribution is -2.24. The summed E-state index contributed by atoms with van der Waals surface area (Å²) in [5.41, 5.74) is 30.7. The number of allylic oxidation sites excluding steroid dienone is 17. The minimum atomic E-state index is -0.994. The van der Waals surface area contributed by atoms with E-state index in [9.17, 15) is 5.11 Å². The SMILES string of the molecule is NC1=C(/C(=C2/C=Cc3ccccc3C2)c2ccc(P(c3ccc(O)cc3)c3ccc(/C(=C4\C=CC5=C(C=CCC5)C4)c4ccc5ccccc5c4N)cc3)cc2)C=CC2C=CC=CC12. The molecule has 0 radical (unpaired) electrons. The van der Waals surface area contributed by atoms with Crippen LogP contribution in [0.25, 0.3) is 28.0 Å². The lowest BCUT2D eigenvalue weighted by molar-refractivity contribution is 0.475. The lowest BCUT2D eigenvalue weighted by atomic mass is 9.76. The Hall–Kier alpha value is -7.19. The molecule has 6 aromatic rings. The first kappa shape index (κ1) is 39.6. The highest BCUT2D eigenvalue weighted by Gasteiger charge is 2.28. The van der Waals surface area contributed by atoms with Gasteiger partial charge in [0.15, 0.2) is 0 Å². The molecule has 0 bridgehead atoms. The van der Waals surface area contributed by atoms with Crippen LogP contribution < -0.4 is 27.4 Å². The van der Waals surface area contributed by atoms with E-state index < -0.39 is 7.92 Å². The Morgan fingerprint density at radius 2 is 1.23 bits per heavy atom. The second-order valence-corrected chi connectivity index (χ2v) is 19.5. The van der Waals surface area contributed by atoms with Gasteiger partial charge in [0.05, 0.1) is 0 Å². The van der Waals surface area contributed by atoms with Gasteiger partial charge < -0.3 is 16.6 Å². The number of aromatic hydroxyl groups is 1. The Morgan fingerprint density at radius 3 is 2.03 bits per heavy atom. The van der Waals surface area contributed by atoms with Crippen molar-refractivity contribution in [2.45, 2.75) is 25.7 Å². The normalized spacial score (nSPS) is 20.6. The average Bonchev–Trinajstić information content (AvgIpc) is 3.35. The third kappa shape index (κ3) is 7.36. The molecule has 11 rings (SSSR count). The maximum absolute atomic E-state index is 10.4. The first-order chi connectivity index (χ1) is 31.5. The van der Waals surface area contributed by atoms with Crippen LogP contribution in [0.3, 0.4) is 0 Å². The molecule has 0 amide bonds. The fraction of sp³-hybridized carbons (Fsp3) is 0.100. The summed E-state index contributed by atoms with van der Waals surface area (Å²) in [6.07, 6.45) is 30.9. The quantitative estimate of drug-likeness (QED) is 0.111. The van der Waals surface area contributed by atoms with Crippen molar-refractivity contribution in [1.82, 2.24) is 0 Å². The number of phenols is 1. The molecule has 5 aliphatic carbocycles. The predicted molar refractivity (Wildman–Crippen MR) is 272 cm³/mol. The Bertz CT molecular complexity index is 3160. The molecule has 3 atom stereocenters. The van der Waals surface area contributed by atoms with E-state index in [1.807, 2.05) is 0 Å². The number of benzene rings is 6. The predicted octanol–water partition coefficient (Wildman–Crippen LogP) is 12.5. The molecule has 0 spiro atoms. The van der Waals surface area contributed by atoms with E-state index in [0.717, 1.165) is 70.1 Å². The third-order valence-corrected chi connectivity index (χ3v) is 15.9. The van der Waals surface area contributed by atoms with Gasteiger partial charge in [-0.15, -0.1) is 0 Å². The molecule has 3 unspecified atom stereocenters. The van der Waals surface area contributed by atoms with Gasteiger partial charge in [-0.1, -0.05) is 194 Å². The van der Waals surface area contributed by atoms with Gasteiger partial charge in [-0.2, -0.15) is 0 Å². The van der Waals surface area contributed by atoms with E-state index in [-0.39, 0.29) is 17.6 Å². The van der Waals surface area contributed by atoms with Crippen LogP contribution in [0.15, 0.2) is 234 Å². The Balaban J connectivity index is 1.00. The fourth-order valence-electron chi connectivity index (χ4n) is 10.2. The van der Waals surface area contributed by atoms with Crippen LogP contribution in [-0.2, 0) is 6.42 Å². The van der Waals surface area contributed by atoms with Gasteiger partial charge in [0.2, 0.25) is 0 Å². The monoisotopic (exact) mass is 844 g/mol. The van der Waals surface area contributed by atoms with Gasteiger partial charge in [0, 0.05) is 39.7 Å².